The Bertz CT molecular complexity index is 1310. The number of allylic oxidation sites excluding steroid dienone is 7. The van der Waals surface area contributed by atoms with E-state index in [1.165, 1.54) is 135 Å². The number of likely N-dealkylation sites (N-methyl/N-ethyl adjacent to an activating group) is 1. The summed E-state index contributed by atoms with van der Waals surface area (Å²) in [7, 11) is 1.49. The first kappa shape index (κ1) is 66.0. The summed E-state index contributed by atoms with van der Waals surface area (Å²) in [6.45, 7) is 6.94. The van der Waals surface area contributed by atoms with Crippen LogP contribution in [-0.2, 0) is 27.9 Å². The second-order valence-corrected chi connectivity index (χ2v) is 21.9. The van der Waals surface area contributed by atoms with E-state index < -0.39 is 20.0 Å². The standard InChI is InChI=1S/C58H109N2O7P/c1-7-10-13-16-19-22-25-27-28-29-30-31-32-33-36-39-42-45-48-51-58(62)67-56(49-46-43-40-37-35-26-23-20-17-14-11-8-2)55(54-66-68(63,64)65-53-52-60(4,5)6)59-57(61)50-47-44-41-38-34-24-21-18-15-12-9-3/h18-19,21-22,27-28,46,49,55-56H,7-17,20,23-26,29-45,47-48,50-54H2,1-6H3,(H-,59,61,63,64)/p+1/b21-18-,22-19-,28-27-,49-46-. The minimum absolute atomic E-state index is 0.0379. The minimum atomic E-state index is -4.44. The van der Waals surface area contributed by atoms with E-state index in [-0.39, 0.29) is 31.5 Å². The van der Waals surface area contributed by atoms with Crippen molar-refractivity contribution in [3.05, 3.63) is 48.6 Å². The number of phosphoric ester groups is 1. The van der Waals surface area contributed by atoms with Crippen molar-refractivity contribution in [2.75, 3.05) is 40.9 Å². The van der Waals surface area contributed by atoms with Gasteiger partial charge in [-0.25, -0.2) is 4.57 Å². The second-order valence-electron chi connectivity index (χ2n) is 20.5. The number of nitrogens with zero attached hydrogens (tertiary/aromatic N) is 1. The SMILES string of the molecule is CCCC/C=C\CCCCCCCC(=O)NC(COP(=O)(O)OCC[N+](C)(C)C)C(/C=C\CCCCCCCCCCCC)OC(=O)CCCCCCCCCCC/C=C\C/C=C\CCCCC. The van der Waals surface area contributed by atoms with Gasteiger partial charge in [0.1, 0.15) is 19.3 Å². The molecule has 0 saturated carbocycles. The average Bonchev–Trinajstić information content (AvgIpc) is 3.29. The van der Waals surface area contributed by atoms with E-state index in [9.17, 15) is 19.0 Å². The fourth-order valence-electron chi connectivity index (χ4n) is 8.01. The Hall–Kier alpha value is -2.03. The molecule has 2 N–H and O–H groups in total. The highest BCUT2D eigenvalue weighted by Gasteiger charge is 2.30. The van der Waals surface area contributed by atoms with E-state index in [2.05, 4.69) is 62.5 Å². The lowest BCUT2D eigenvalue weighted by Crippen LogP contribution is -2.47. The lowest BCUT2D eigenvalue weighted by molar-refractivity contribution is -0.870. The van der Waals surface area contributed by atoms with Gasteiger partial charge in [-0.15, -0.1) is 0 Å². The number of ether oxygens (including phenoxy) is 1. The zero-order chi connectivity index (χ0) is 50.1. The summed E-state index contributed by atoms with van der Waals surface area (Å²) in [5, 5.41) is 3.04. The van der Waals surface area contributed by atoms with E-state index in [0.29, 0.717) is 17.4 Å². The molecule has 1 amide bonds. The van der Waals surface area contributed by atoms with Crippen molar-refractivity contribution >= 4 is 19.7 Å². The third kappa shape index (κ3) is 49.0. The van der Waals surface area contributed by atoms with Crippen LogP contribution in [0, 0.1) is 0 Å². The van der Waals surface area contributed by atoms with Crippen LogP contribution in [-0.4, -0.2) is 74.3 Å². The van der Waals surface area contributed by atoms with Crippen molar-refractivity contribution in [2.24, 2.45) is 0 Å². The van der Waals surface area contributed by atoms with Crippen molar-refractivity contribution < 1.29 is 37.3 Å². The molecular formula is C58H110N2O7P+. The van der Waals surface area contributed by atoms with Crippen molar-refractivity contribution in [3.8, 4) is 0 Å². The van der Waals surface area contributed by atoms with Gasteiger partial charge in [-0.2, -0.15) is 0 Å². The van der Waals surface area contributed by atoms with Crippen LogP contribution < -0.4 is 5.32 Å². The second kappa shape index (κ2) is 48.6. The summed E-state index contributed by atoms with van der Waals surface area (Å²) in [5.41, 5.74) is 0. The zero-order valence-corrected chi connectivity index (χ0v) is 46.2. The number of carbonyl (C=O) groups excluding carboxylic acids is 2. The number of nitrogens with one attached hydrogen (secondary N) is 1. The Morgan fingerprint density at radius 1 is 0.515 bits per heavy atom. The van der Waals surface area contributed by atoms with Gasteiger partial charge in [0.05, 0.1) is 33.8 Å². The highest BCUT2D eigenvalue weighted by Crippen LogP contribution is 2.43. The maximum absolute atomic E-state index is 13.4. The quantitative estimate of drug-likeness (QED) is 0.0205. The largest absolute Gasteiger partial charge is 0.472 e. The van der Waals surface area contributed by atoms with Crippen LogP contribution in [0.2, 0.25) is 0 Å². The molecule has 0 fully saturated rings. The smallest absolute Gasteiger partial charge is 0.456 e. The monoisotopic (exact) mass is 978 g/mol. The average molecular weight is 978 g/mol. The molecule has 0 aliphatic rings. The molecule has 0 aromatic heterocycles. The van der Waals surface area contributed by atoms with Gasteiger partial charge in [-0.1, -0.05) is 211 Å². The Morgan fingerprint density at radius 3 is 1.41 bits per heavy atom. The van der Waals surface area contributed by atoms with Gasteiger partial charge in [0, 0.05) is 12.8 Å². The van der Waals surface area contributed by atoms with Crippen LogP contribution in [0.3, 0.4) is 0 Å². The molecule has 0 bridgehead atoms. The first-order valence-corrected chi connectivity index (χ1v) is 30.0. The number of hydrogen-bond acceptors (Lipinski definition) is 6. The summed E-state index contributed by atoms with van der Waals surface area (Å²) >= 11 is 0. The van der Waals surface area contributed by atoms with Crippen molar-refractivity contribution in [1.82, 2.24) is 5.32 Å². The third-order valence-electron chi connectivity index (χ3n) is 12.5. The highest BCUT2D eigenvalue weighted by atomic mass is 31.2. The molecule has 68 heavy (non-hydrogen) atoms. The molecule has 0 spiro atoms. The van der Waals surface area contributed by atoms with E-state index in [0.717, 1.165) is 89.9 Å². The van der Waals surface area contributed by atoms with E-state index in [1.807, 2.05) is 33.3 Å². The van der Waals surface area contributed by atoms with Crippen LogP contribution in [0.15, 0.2) is 48.6 Å². The first-order chi connectivity index (χ1) is 32.9. The van der Waals surface area contributed by atoms with Crippen molar-refractivity contribution in [3.63, 3.8) is 0 Å². The number of unbranched alkanes of at least 4 members (excludes halogenated alkanes) is 29. The number of rotatable bonds is 51. The normalized spacial score (nSPS) is 14.2. The van der Waals surface area contributed by atoms with Gasteiger partial charge in [0.2, 0.25) is 5.91 Å². The molecule has 10 heteroatoms. The molecule has 0 aromatic rings. The summed E-state index contributed by atoms with van der Waals surface area (Å²) in [6, 6.07) is -0.851. The topological polar surface area (TPSA) is 111 Å². The number of amides is 1. The van der Waals surface area contributed by atoms with Crippen LogP contribution in [0.5, 0.6) is 0 Å². The van der Waals surface area contributed by atoms with Crippen LogP contribution in [0.4, 0.5) is 0 Å². The van der Waals surface area contributed by atoms with Gasteiger partial charge < -0.3 is 19.4 Å². The molecule has 0 rings (SSSR count). The molecule has 0 aliphatic carbocycles. The van der Waals surface area contributed by atoms with Crippen molar-refractivity contribution in [2.45, 2.75) is 270 Å². The van der Waals surface area contributed by atoms with Crippen LogP contribution in [0.25, 0.3) is 0 Å². The fourth-order valence-corrected chi connectivity index (χ4v) is 8.75. The highest BCUT2D eigenvalue weighted by molar-refractivity contribution is 7.47. The van der Waals surface area contributed by atoms with Gasteiger partial charge in [-0.05, 0) is 83.1 Å². The Morgan fingerprint density at radius 2 is 0.912 bits per heavy atom. The molecule has 398 valence electrons. The molecular weight excluding hydrogens is 868 g/mol. The van der Waals surface area contributed by atoms with Gasteiger partial charge >= 0.3 is 13.8 Å². The van der Waals surface area contributed by atoms with E-state index >= 15 is 0 Å². The van der Waals surface area contributed by atoms with Crippen LogP contribution >= 0.6 is 7.82 Å². The predicted octanol–water partition coefficient (Wildman–Crippen LogP) is 16.9. The number of carbonyl (C=O) groups is 2. The predicted molar refractivity (Wildman–Crippen MR) is 291 cm³/mol. The molecule has 0 heterocycles. The van der Waals surface area contributed by atoms with Gasteiger partial charge in [0.25, 0.3) is 0 Å². The number of quaternary nitrogens is 1. The van der Waals surface area contributed by atoms with E-state index in [4.69, 9.17) is 13.8 Å². The van der Waals surface area contributed by atoms with Gasteiger partial charge in [0.15, 0.2) is 0 Å². The lowest BCUT2D eigenvalue weighted by atomic mass is 10.0. The Kier molecular flexibility index (Phi) is 47.1. The zero-order valence-electron chi connectivity index (χ0n) is 45.3. The minimum Gasteiger partial charge on any atom is -0.456 e. The maximum atomic E-state index is 13.4. The van der Waals surface area contributed by atoms with Crippen molar-refractivity contribution in [1.29, 1.82) is 0 Å². The molecule has 0 aromatic carbocycles. The maximum Gasteiger partial charge on any atom is 0.472 e. The molecule has 9 nitrogen and oxygen atoms in total. The number of phosphoric acid groups is 1. The third-order valence-corrected chi connectivity index (χ3v) is 13.5. The molecule has 0 radical (unpaired) electrons. The number of hydrogen-bond donors (Lipinski definition) is 2. The molecule has 0 aliphatic heterocycles. The summed E-state index contributed by atoms with van der Waals surface area (Å²) in [5.74, 6) is -0.518. The summed E-state index contributed by atoms with van der Waals surface area (Å²) in [6.07, 6.45) is 58.2. The molecule has 3 unspecified atom stereocenters. The van der Waals surface area contributed by atoms with E-state index in [1.54, 1.807) is 0 Å². The van der Waals surface area contributed by atoms with Crippen LogP contribution in [0.1, 0.15) is 258 Å². The molecule has 3 atom stereocenters. The summed E-state index contributed by atoms with van der Waals surface area (Å²) < 4.78 is 30.6. The number of esters is 1. The fraction of sp³-hybridized carbons (Fsp3) is 0.828. The first-order valence-electron chi connectivity index (χ1n) is 28.5. The Balaban J connectivity index is 5.29. The summed E-state index contributed by atoms with van der Waals surface area (Å²) in [4.78, 5) is 37.5. The Labute approximate surface area is 420 Å². The molecule has 0 saturated heterocycles. The van der Waals surface area contributed by atoms with Gasteiger partial charge in [-0.3, -0.25) is 18.6 Å². The lowest BCUT2D eigenvalue weighted by Gasteiger charge is -2.27.